The molecule has 6 rings (SSSR count). The van der Waals surface area contributed by atoms with Gasteiger partial charge >= 0.3 is 0 Å². The van der Waals surface area contributed by atoms with Crippen LogP contribution in [0, 0.1) is 6.92 Å². The van der Waals surface area contributed by atoms with E-state index in [-0.39, 0.29) is 40.4 Å². The van der Waals surface area contributed by atoms with Gasteiger partial charge in [-0.3, -0.25) is 18.9 Å². The number of anilines is 4. The molecular formula is C29H32ClN9O2S. The van der Waals surface area contributed by atoms with Crippen molar-refractivity contribution in [1.29, 1.82) is 0 Å². The Kier molecular flexibility index (Phi) is 7.36. The number of aryl methyl sites for hydroxylation is 1. The molecule has 0 saturated carbocycles. The van der Waals surface area contributed by atoms with Gasteiger partial charge in [0.1, 0.15) is 11.0 Å². The lowest BCUT2D eigenvalue weighted by Crippen LogP contribution is -2.48. The molecule has 0 spiro atoms. The molecule has 2 aliphatic heterocycles. The number of halogens is 1. The molecule has 5 heterocycles. The molecule has 0 aliphatic carbocycles. The van der Waals surface area contributed by atoms with Gasteiger partial charge in [0, 0.05) is 32.0 Å². The summed E-state index contributed by atoms with van der Waals surface area (Å²) < 4.78 is 4.36. The Morgan fingerprint density at radius 2 is 1.90 bits per heavy atom. The number of amides is 1. The maximum atomic E-state index is 13.7. The van der Waals surface area contributed by atoms with Crippen molar-refractivity contribution in [3.8, 4) is 0 Å². The fourth-order valence-electron chi connectivity index (χ4n) is 6.06. The van der Waals surface area contributed by atoms with E-state index in [1.807, 2.05) is 38.1 Å². The first-order valence-corrected chi connectivity index (χ1v) is 15.3. The lowest BCUT2D eigenvalue weighted by molar-refractivity contribution is 0.0980. The molecule has 218 valence electrons. The standard InChI is InChI=1S/C29H32ClN9O2S/c1-15-9-20(16(2)33-22-6-7-23(30)34-26(22)27(40)36-42-4)25-21(10-15)28(41)37(3)29(35-25)39-14-18-11-19(39)13-38(18)24-8-5-17(31)12-32-24/h5-10,12,16,18-19,33H,11,13-14,31H2,1-4H3,(H,36,40). The predicted octanol–water partition coefficient (Wildman–Crippen LogP) is 3.92. The van der Waals surface area contributed by atoms with Crippen molar-refractivity contribution >= 4 is 63.5 Å². The van der Waals surface area contributed by atoms with Crippen molar-refractivity contribution < 1.29 is 4.79 Å². The Hall–Kier alpha value is -4.03. The highest BCUT2D eigenvalue weighted by atomic mass is 35.5. The van der Waals surface area contributed by atoms with Gasteiger partial charge in [0.2, 0.25) is 5.95 Å². The number of rotatable bonds is 7. The van der Waals surface area contributed by atoms with Gasteiger partial charge in [-0.15, -0.1) is 0 Å². The third kappa shape index (κ3) is 4.98. The van der Waals surface area contributed by atoms with E-state index in [4.69, 9.17) is 22.3 Å². The second kappa shape index (κ2) is 11.0. The maximum Gasteiger partial charge on any atom is 0.281 e. The van der Waals surface area contributed by atoms with Crippen LogP contribution in [0.1, 0.15) is 41.0 Å². The zero-order valence-electron chi connectivity index (χ0n) is 23.8. The van der Waals surface area contributed by atoms with Crippen LogP contribution in [0.3, 0.4) is 0 Å². The number of nitrogens with zero attached hydrogens (tertiary/aromatic N) is 6. The molecule has 3 atom stereocenters. The molecular weight excluding hydrogens is 574 g/mol. The van der Waals surface area contributed by atoms with Crippen LogP contribution in [-0.2, 0) is 7.05 Å². The minimum Gasteiger partial charge on any atom is -0.397 e. The monoisotopic (exact) mass is 605 g/mol. The summed E-state index contributed by atoms with van der Waals surface area (Å²) in [6.45, 7) is 5.47. The number of pyridine rings is 2. The lowest BCUT2D eigenvalue weighted by Gasteiger charge is -2.36. The van der Waals surface area contributed by atoms with Gasteiger partial charge in [-0.1, -0.05) is 29.6 Å². The minimum absolute atomic E-state index is 0.0971. The lowest BCUT2D eigenvalue weighted by atomic mass is 10.0. The average Bonchev–Trinajstić information content (AvgIpc) is 3.58. The Balaban J connectivity index is 1.35. The van der Waals surface area contributed by atoms with Gasteiger partial charge in [-0.2, -0.15) is 0 Å². The predicted molar refractivity (Wildman–Crippen MR) is 170 cm³/mol. The van der Waals surface area contributed by atoms with Crippen LogP contribution in [0.4, 0.5) is 23.1 Å². The van der Waals surface area contributed by atoms with E-state index in [9.17, 15) is 9.59 Å². The Bertz CT molecular complexity index is 1750. The van der Waals surface area contributed by atoms with E-state index in [0.29, 0.717) is 28.2 Å². The van der Waals surface area contributed by atoms with Crippen molar-refractivity contribution in [2.45, 2.75) is 38.4 Å². The van der Waals surface area contributed by atoms with Crippen LogP contribution in [0.2, 0.25) is 5.15 Å². The zero-order valence-corrected chi connectivity index (χ0v) is 25.3. The number of fused-ring (bicyclic) bond motifs is 3. The molecule has 2 fully saturated rings. The molecule has 0 radical (unpaired) electrons. The molecule has 4 aromatic rings. The normalized spacial score (nSPS) is 18.5. The van der Waals surface area contributed by atoms with Crippen LogP contribution >= 0.6 is 23.5 Å². The summed E-state index contributed by atoms with van der Waals surface area (Å²) in [4.78, 5) is 44.9. The van der Waals surface area contributed by atoms with E-state index >= 15 is 0 Å². The summed E-state index contributed by atoms with van der Waals surface area (Å²) >= 11 is 7.30. The first kappa shape index (κ1) is 28.1. The van der Waals surface area contributed by atoms with E-state index in [1.54, 1.807) is 36.2 Å². The van der Waals surface area contributed by atoms with Crippen molar-refractivity contribution in [2.24, 2.45) is 7.05 Å². The Labute approximate surface area is 252 Å². The fraction of sp³-hybridized carbons (Fsp3) is 0.345. The number of carbonyl (C=O) groups excluding carboxylic acids is 1. The molecule has 2 saturated heterocycles. The van der Waals surface area contributed by atoms with Crippen LogP contribution in [0.5, 0.6) is 0 Å². The topological polar surface area (TPSA) is 134 Å². The van der Waals surface area contributed by atoms with Crippen molar-refractivity contribution in [3.63, 3.8) is 0 Å². The summed E-state index contributed by atoms with van der Waals surface area (Å²) in [5.41, 5.74) is 9.54. The number of benzene rings is 1. The number of nitrogens with two attached hydrogens (primary N) is 1. The second-order valence-corrected chi connectivity index (χ2v) is 11.9. The van der Waals surface area contributed by atoms with Gasteiger partial charge in [0.15, 0.2) is 5.69 Å². The van der Waals surface area contributed by atoms with Crippen LogP contribution in [-0.4, -0.2) is 56.9 Å². The number of piperazine rings is 1. The largest absolute Gasteiger partial charge is 0.397 e. The first-order chi connectivity index (χ1) is 20.1. The highest BCUT2D eigenvalue weighted by molar-refractivity contribution is 7.97. The number of carbonyl (C=O) groups is 1. The number of hydrogen-bond donors (Lipinski definition) is 3. The van der Waals surface area contributed by atoms with Crippen LogP contribution in [0.25, 0.3) is 10.9 Å². The number of hydrogen-bond acceptors (Lipinski definition) is 10. The number of nitrogen functional groups attached to an aromatic ring is 1. The average molecular weight is 606 g/mol. The van der Waals surface area contributed by atoms with Crippen LogP contribution < -0.4 is 31.1 Å². The third-order valence-electron chi connectivity index (χ3n) is 8.00. The zero-order chi connectivity index (χ0) is 29.7. The van der Waals surface area contributed by atoms with Crippen LogP contribution in [0.15, 0.2) is 47.4 Å². The molecule has 42 heavy (non-hydrogen) atoms. The molecule has 2 bridgehead atoms. The van der Waals surface area contributed by atoms with Gasteiger partial charge in [-0.05, 0) is 56.2 Å². The third-order valence-corrected chi connectivity index (χ3v) is 8.60. The summed E-state index contributed by atoms with van der Waals surface area (Å²) in [6, 6.07) is 11.3. The summed E-state index contributed by atoms with van der Waals surface area (Å²) in [6.07, 6.45) is 4.41. The SMILES string of the molecule is CSNC(=O)c1nc(Cl)ccc1NC(C)c1cc(C)cc2c(=O)n(C)c(N3CC4CC3CN4c3ccc(N)cn3)nc12. The molecule has 1 amide bonds. The smallest absolute Gasteiger partial charge is 0.281 e. The van der Waals surface area contributed by atoms with Crippen molar-refractivity contribution in [2.75, 3.05) is 40.2 Å². The van der Waals surface area contributed by atoms with Gasteiger partial charge in [0.25, 0.3) is 11.5 Å². The molecule has 2 aliphatic rings. The minimum atomic E-state index is -0.351. The van der Waals surface area contributed by atoms with E-state index in [2.05, 4.69) is 29.8 Å². The molecule has 3 aromatic heterocycles. The Morgan fingerprint density at radius 1 is 1.14 bits per heavy atom. The molecule has 1 aromatic carbocycles. The number of aromatic nitrogens is 4. The molecule has 3 unspecified atom stereocenters. The highest BCUT2D eigenvalue weighted by Crippen LogP contribution is 2.37. The summed E-state index contributed by atoms with van der Waals surface area (Å²) in [7, 11) is 1.79. The maximum absolute atomic E-state index is 13.7. The summed E-state index contributed by atoms with van der Waals surface area (Å²) in [5.74, 6) is 1.21. The van der Waals surface area contributed by atoms with E-state index < -0.39 is 0 Å². The van der Waals surface area contributed by atoms with E-state index in [0.717, 1.165) is 36.5 Å². The quantitative estimate of drug-likeness (QED) is 0.210. The summed E-state index contributed by atoms with van der Waals surface area (Å²) in [5, 5.41) is 4.19. The Morgan fingerprint density at radius 3 is 2.60 bits per heavy atom. The van der Waals surface area contributed by atoms with Gasteiger partial charge < -0.3 is 20.9 Å². The van der Waals surface area contributed by atoms with Crippen molar-refractivity contribution in [1.82, 2.24) is 24.2 Å². The molecule has 4 N–H and O–H groups in total. The van der Waals surface area contributed by atoms with Gasteiger partial charge in [0.05, 0.1) is 46.6 Å². The highest BCUT2D eigenvalue weighted by Gasteiger charge is 2.45. The van der Waals surface area contributed by atoms with Gasteiger partial charge in [-0.25, -0.2) is 15.0 Å². The van der Waals surface area contributed by atoms with E-state index in [1.165, 1.54) is 11.9 Å². The fourth-order valence-corrected chi connectivity index (χ4v) is 6.49. The number of nitrogens with one attached hydrogen (secondary N) is 2. The molecule has 11 nitrogen and oxygen atoms in total. The van der Waals surface area contributed by atoms with Crippen molar-refractivity contribution in [3.05, 3.63) is 74.9 Å². The molecule has 13 heteroatoms. The first-order valence-electron chi connectivity index (χ1n) is 13.7. The second-order valence-electron chi connectivity index (χ2n) is 10.9.